The Labute approximate surface area is 174 Å². The minimum absolute atomic E-state index is 0.0680. The number of methoxy groups -OCH3 is 1. The zero-order valence-corrected chi connectivity index (χ0v) is 17.2. The molecule has 0 saturated heterocycles. The van der Waals surface area contributed by atoms with Crippen LogP contribution >= 0.6 is 11.6 Å². The standard InChI is InChI=1S/C22H23ClN2O4/c1-13(2)19-18(21(26)28-3)20(25-22(27)24-19)15-9-10-17(16(23)11-15)29-12-14-7-5-4-6-8-14/h4-11,13,20H,12H2,1-3H3,(H2,24,25,27). The van der Waals surface area contributed by atoms with Gasteiger partial charge in [-0.1, -0.05) is 61.8 Å². The van der Waals surface area contributed by atoms with E-state index in [2.05, 4.69) is 10.6 Å². The van der Waals surface area contributed by atoms with Crippen LogP contribution in [0.1, 0.15) is 31.0 Å². The number of ether oxygens (including phenoxy) is 2. The molecule has 29 heavy (non-hydrogen) atoms. The Hall–Kier alpha value is -2.99. The first kappa shape index (κ1) is 20.7. The van der Waals surface area contributed by atoms with Crippen LogP contribution in [0.4, 0.5) is 4.79 Å². The summed E-state index contributed by atoms with van der Waals surface area (Å²) in [6.45, 7) is 4.18. The molecule has 1 heterocycles. The number of esters is 1. The number of hydrogen-bond acceptors (Lipinski definition) is 4. The number of benzene rings is 2. The molecule has 1 atom stereocenters. The molecule has 2 aromatic rings. The highest BCUT2D eigenvalue weighted by Gasteiger charge is 2.34. The molecule has 1 unspecified atom stereocenters. The van der Waals surface area contributed by atoms with Crippen LogP contribution in [0.25, 0.3) is 0 Å². The Morgan fingerprint density at radius 1 is 1.17 bits per heavy atom. The molecule has 2 N–H and O–H groups in total. The Balaban J connectivity index is 1.90. The van der Waals surface area contributed by atoms with Crippen molar-refractivity contribution in [2.45, 2.75) is 26.5 Å². The smallest absolute Gasteiger partial charge is 0.337 e. The highest BCUT2D eigenvalue weighted by Crippen LogP contribution is 2.34. The number of allylic oxidation sites excluding steroid dienone is 1. The average Bonchev–Trinajstić information content (AvgIpc) is 2.72. The van der Waals surface area contributed by atoms with Gasteiger partial charge in [-0.3, -0.25) is 0 Å². The van der Waals surface area contributed by atoms with Gasteiger partial charge in [-0.25, -0.2) is 9.59 Å². The molecule has 0 radical (unpaired) electrons. The lowest BCUT2D eigenvalue weighted by molar-refractivity contribution is -0.136. The van der Waals surface area contributed by atoms with E-state index < -0.39 is 12.0 Å². The van der Waals surface area contributed by atoms with E-state index in [-0.39, 0.29) is 11.9 Å². The predicted molar refractivity (Wildman–Crippen MR) is 111 cm³/mol. The minimum atomic E-state index is -0.672. The van der Waals surface area contributed by atoms with E-state index in [1.807, 2.05) is 44.2 Å². The molecule has 0 fully saturated rings. The fraction of sp³-hybridized carbons (Fsp3) is 0.273. The van der Waals surface area contributed by atoms with Crippen LogP contribution in [0.2, 0.25) is 5.02 Å². The minimum Gasteiger partial charge on any atom is -0.487 e. The molecule has 7 heteroatoms. The van der Waals surface area contributed by atoms with Crippen LogP contribution < -0.4 is 15.4 Å². The fourth-order valence-corrected chi connectivity index (χ4v) is 3.42. The maximum atomic E-state index is 12.5. The number of carbonyl (C=O) groups is 2. The molecule has 0 bridgehead atoms. The first-order valence-corrected chi connectivity index (χ1v) is 9.64. The van der Waals surface area contributed by atoms with Gasteiger partial charge in [0.15, 0.2) is 0 Å². The van der Waals surface area contributed by atoms with Gasteiger partial charge in [0.1, 0.15) is 12.4 Å². The molecule has 152 valence electrons. The highest BCUT2D eigenvalue weighted by molar-refractivity contribution is 6.32. The van der Waals surface area contributed by atoms with Crippen molar-refractivity contribution in [3.8, 4) is 5.75 Å². The molecule has 1 aliphatic rings. The van der Waals surface area contributed by atoms with Crippen LogP contribution in [0, 0.1) is 5.92 Å². The zero-order valence-electron chi connectivity index (χ0n) is 16.5. The lowest BCUT2D eigenvalue weighted by Gasteiger charge is -2.31. The van der Waals surface area contributed by atoms with Crippen molar-refractivity contribution in [1.82, 2.24) is 10.6 Å². The SMILES string of the molecule is COC(=O)C1=C(C(C)C)NC(=O)NC1c1ccc(OCc2ccccc2)c(Cl)c1. The Morgan fingerprint density at radius 3 is 2.52 bits per heavy atom. The van der Waals surface area contributed by atoms with Crippen LogP contribution in [-0.4, -0.2) is 19.1 Å². The molecule has 0 aliphatic carbocycles. The van der Waals surface area contributed by atoms with Gasteiger partial charge in [0.2, 0.25) is 0 Å². The molecule has 2 aromatic carbocycles. The van der Waals surface area contributed by atoms with E-state index in [1.165, 1.54) is 7.11 Å². The highest BCUT2D eigenvalue weighted by atomic mass is 35.5. The van der Waals surface area contributed by atoms with E-state index in [4.69, 9.17) is 21.1 Å². The van der Waals surface area contributed by atoms with Crippen molar-refractivity contribution in [3.63, 3.8) is 0 Å². The van der Waals surface area contributed by atoms with E-state index in [1.54, 1.807) is 18.2 Å². The van der Waals surface area contributed by atoms with Crippen molar-refractivity contribution in [1.29, 1.82) is 0 Å². The Bertz CT molecular complexity index is 941. The van der Waals surface area contributed by atoms with E-state index >= 15 is 0 Å². The summed E-state index contributed by atoms with van der Waals surface area (Å²) in [5.74, 6) is -0.0551. The molecular weight excluding hydrogens is 392 g/mol. The Kier molecular flexibility index (Phi) is 6.44. The van der Waals surface area contributed by atoms with E-state index in [9.17, 15) is 9.59 Å². The third-order valence-electron chi connectivity index (χ3n) is 4.61. The summed E-state index contributed by atoms with van der Waals surface area (Å²) in [5.41, 5.74) is 2.58. The summed E-state index contributed by atoms with van der Waals surface area (Å²) in [4.78, 5) is 24.6. The number of rotatable bonds is 6. The topological polar surface area (TPSA) is 76.7 Å². The van der Waals surface area contributed by atoms with Gasteiger partial charge in [-0.2, -0.15) is 0 Å². The lowest BCUT2D eigenvalue weighted by atomic mass is 9.91. The third kappa shape index (κ3) is 4.71. The maximum absolute atomic E-state index is 12.5. The molecule has 0 aromatic heterocycles. The number of halogens is 1. The van der Waals surface area contributed by atoms with Crippen LogP contribution in [0.3, 0.4) is 0 Å². The van der Waals surface area contributed by atoms with Crippen molar-refractivity contribution in [3.05, 3.63) is 76.0 Å². The van der Waals surface area contributed by atoms with Crippen LogP contribution in [0.5, 0.6) is 5.75 Å². The molecule has 0 saturated carbocycles. The van der Waals surface area contributed by atoms with Gasteiger partial charge >= 0.3 is 12.0 Å². The van der Waals surface area contributed by atoms with Crippen molar-refractivity contribution in [2.75, 3.05) is 7.11 Å². The van der Waals surface area contributed by atoms with Gasteiger partial charge in [0, 0.05) is 5.70 Å². The quantitative estimate of drug-likeness (QED) is 0.689. The van der Waals surface area contributed by atoms with Crippen LogP contribution in [0.15, 0.2) is 59.8 Å². The fourth-order valence-electron chi connectivity index (χ4n) is 3.18. The molecule has 2 amide bonds. The number of hydrogen-bond donors (Lipinski definition) is 2. The van der Waals surface area contributed by atoms with Crippen LogP contribution in [-0.2, 0) is 16.1 Å². The van der Waals surface area contributed by atoms with Gasteiger partial charge in [0.05, 0.1) is 23.7 Å². The summed E-state index contributed by atoms with van der Waals surface area (Å²) in [6.07, 6.45) is 0. The van der Waals surface area contributed by atoms with Crippen molar-refractivity contribution >= 4 is 23.6 Å². The molecule has 1 aliphatic heterocycles. The second-order valence-electron chi connectivity index (χ2n) is 6.97. The lowest BCUT2D eigenvalue weighted by Crippen LogP contribution is -2.47. The summed E-state index contributed by atoms with van der Waals surface area (Å²) in [7, 11) is 1.31. The largest absolute Gasteiger partial charge is 0.487 e. The number of amides is 2. The van der Waals surface area contributed by atoms with E-state index in [0.29, 0.717) is 34.2 Å². The molecule has 0 spiro atoms. The second-order valence-corrected chi connectivity index (χ2v) is 7.38. The summed E-state index contributed by atoms with van der Waals surface area (Å²) < 4.78 is 10.8. The normalized spacial score (nSPS) is 16.3. The molecular formula is C22H23ClN2O4. The van der Waals surface area contributed by atoms with Gasteiger partial charge < -0.3 is 20.1 Å². The van der Waals surface area contributed by atoms with Gasteiger partial charge in [0.25, 0.3) is 0 Å². The zero-order chi connectivity index (χ0) is 21.0. The van der Waals surface area contributed by atoms with Crippen molar-refractivity contribution in [2.24, 2.45) is 5.92 Å². The first-order valence-electron chi connectivity index (χ1n) is 9.26. The summed E-state index contributed by atoms with van der Waals surface area (Å²) >= 11 is 6.43. The second kappa shape index (κ2) is 9.01. The number of urea groups is 1. The maximum Gasteiger partial charge on any atom is 0.337 e. The van der Waals surface area contributed by atoms with Crippen molar-refractivity contribution < 1.29 is 19.1 Å². The summed E-state index contributed by atoms with van der Waals surface area (Å²) in [6, 6.07) is 13.9. The first-order chi connectivity index (χ1) is 13.9. The van der Waals surface area contributed by atoms with Gasteiger partial charge in [-0.05, 0) is 29.2 Å². The average molecular weight is 415 g/mol. The number of carbonyl (C=O) groups excluding carboxylic acids is 2. The van der Waals surface area contributed by atoms with Gasteiger partial charge in [-0.15, -0.1) is 0 Å². The summed E-state index contributed by atoms with van der Waals surface area (Å²) in [5, 5.41) is 5.89. The number of nitrogens with one attached hydrogen (secondary N) is 2. The Morgan fingerprint density at radius 2 is 1.90 bits per heavy atom. The van der Waals surface area contributed by atoms with E-state index in [0.717, 1.165) is 5.56 Å². The monoisotopic (exact) mass is 414 g/mol. The molecule has 3 rings (SSSR count). The third-order valence-corrected chi connectivity index (χ3v) is 4.91. The molecule has 6 nitrogen and oxygen atoms in total. The predicted octanol–water partition coefficient (Wildman–Crippen LogP) is 4.36.